The molecule has 2 aromatic heterocycles. The maximum absolute atomic E-state index is 13.0. The molecule has 1 aliphatic heterocycles. The minimum Gasteiger partial charge on any atom is -0.388 e. The van der Waals surface area contributed by atoms with Gasteiger partial charge >= 0.3 is 0 Å². The molecule has 1 fully saturated rings. The van der Waals surface area contributed by atoms with Gasteiger partial charge in [-0.25, -0.2) is 4.98 Å². The SMILES string of the molecule is Cc1nc(-c2ccccn2)sc1C(=O)N1CCC(C(O)c2ccccc2)CC1. The molecule has 1 unspecified atom stereocenters. The van der Waals surface area contributed by atoms with Crippen molar-refractivity contribution in [2.24, 2.45) is 5.92 Å². The number of pyridine rings is 1. The third kappa shape index (κ3) is 3.84. The number of aliphatic hydroxyl groups excluding tert-OH is 1. The van der Waals surface area contributed by atoms with Gasteiger partial charge in [0.15, 0.2) is 0 Å². The van der Waals surface area contributed by atoms with E-state index in [-0.39, 0.29) is 11.8 Å². The second-order valence-electron chi connectivity index (χ2n) is 7.13. The highest BCUT2D eigenvalue weighted by atomic mass is 32.1. The summed E-state index contributed by atoms with van der Waals surface area (Å²) in [7, 11) is 0. The third-order valence-corrected chi connectivity index (χ3v) is 6.46. The van der Waals surface area contributed by atoms with E-state index in [9.17, 15) is 9.90 Å². The molecule has 1 amide bonds. The molecule has 0 saturated carbocycles. The minimum atomic E-state index is -0.473. The van der Waals surface area contributed by atoms with E-state index < -0.39 is 6.10 Å². The van der Waals surface area contributed by atoms with Crippen LogP contribution >= 0.6 is 11.3 Å². The number of thiazole rings is 1. The summed E-state index contributed by atoms with van der Waals surface area (Å²) in [6, 6.07) is 15.5. The summed E-state index contributed by atoms with van der Waals surface area (Å²) in [5, 5.41) is 11.4. The lowest BCUT2D eigenvalue weighted by Crippen LogP contribution is -2.39. The Hall–Kier alpha value is -2.57. The number of rotatable bonds is 4. The number of amides is 1. The number of carbonyl (C=O) groups is 1. The first-order valence-corrected chi connectivity index (χ1v) is 10.4. The van der Waals surface area contributed by atoms with Crippen LogP contribution in [-0.4, -0.2) is 39.0 Å². The molecule has 1 atom stereocenters. The Balaban J connectivity index is 1.43. The molecule has 3 aromatic rings. The van der Waals surface area contributed by atoms with Crippen LogP contribution in [0, 0.1) is 12.8 Å². The van der Waals surface area contributed by atoms with E-state index in [0.29, 0.717) is 18.0 Å². The zero-order chi connectivity index (χ0) is 19.5. The fraction of sp³-hybridized carbons (Fsp3) is 0.318. The average molecular weight is 394 g/mol. The lowest BCUT2D eigenvalue weighted by Gasteiger charge is -2.34. The van der Waals surface area contributed by atoms with E-state index in [0.717, 1.165) is 34.8 Å². The summed E-state index contributed by atoms with van der Waals surface area (Å²) in [5.74, 6) is 0.211. The highest BCUT2D eigenvalue weighted by Gasteiger charge is 2.30. The fourth-order valence-corrected chi connectivity index (χ4v) is 4.69. The minimum absolute atomic E-state index is 0.0323. The summed E-state index contributed by atoms with van der Waals surface area (Å²) in [5.41, 5.74) is 2.49. The Morgan fingerprint density at radius 1 is 1.14 bits per heavy atom. The molecular formula is C22H23N3O2S. The van der Waals surface area contributed by atoms with Gasteiger partial charge < -0.3 is 10.0 Å². The number of benzene rings is 1. The zero-order valence-corrected chi connectivity index (χ0v) is 16.6. The molecule has 0 bridgehead atoms. The highest BCUT2D eigenvalue weighted by molar-refractivity contribution is 7.17. The van der Waals surface area contributed by atoms with Gasteiger partial charge in [-0.1, -0.05) is 36.4 Å². The van der Waals surface area contributed by atoms with Gasteiger partial charge in [0, 0.05) is 19.3 Å². The molecule has 0 aliphatic carbocycles. The number of likely N-dealkylation sites (tertiary alicyclic amines) is 1. The first-order chi connectivity index (χ1) is 13.6. The lowest BCUT2D eigenvalue weighted by atomic mass is 9.87. The predicted molar refractivity (Wildman–Crippen MR) is 110 cm³/mol. The van der Waals surface area contributed by atoms with Crippen molar-refractivity contribution in [1.29, 1.82) is 0 Å². The van der Waals surface area contributed by atoms with E-state index in [1.807, 2.05) is 60.4 Å². The third-order valence-electron chi connectivity index (χ3n) is 5.29. The van der Waals surface area contributed by atoms with Crippen LogP contribution < -0.4 is 0 Å². The van der Waals surface area contributed by atoms with E-state index >= 15 is 0 Å². The molecule has 4 rings (SSSR count). The maximum Gasteiger partial charge on any atom is 0.265 e. The molecule has 1 N–H and O–H groups in total. The van der Waals surface area contributed by atoms with E-state index in [4.69, 9.17) is 0 Å². The standard InChI is InChI=1S/C22H23N3O2S/c1-15-20(28-21(24-15)18-9-5-6-12-23-18)22(27)25-13-10-17(11-14-25)19(26)16-7-3-2-4-8-16/h2-9,12,17,19,26H,10-11,13-14H2,1H3. The van der Waals surface area contributed by atoms with Crippen LogP contribution in [0.3, 0.4) is 0 Å². The van der Waals surface area contributed by atoms with Crippen LogP contribution in [0.2, 0.25) is 0 Å². The molecular weight excluding hydrogens is 370 g/mol. The maximum atomic E-state index is 13.0. The van der Waals surface area contributed by atoms with Crippen molar-refractivity contribution in [3.05, 3.63) is 70.9 Å². The fourth-order valence-electron chi connectivity index (χ4n) is 3.68. The molecule has 0 spiro atoms. The number of aryl methyl sites for hydroxylation is 1. The molecule has 28 heavy (non-hydrogen) atoms. The van der Waals surface area contributed by atoms with Crippen molar-refractivity contribution in [2.45, 2.75) is 25.9 Å². The number of nitrogens with zero attached hydrogens (tertiary/aromatic N) is 3. The number of piperidine rings is 1. The quantitative estimate of drug-likeness (QED) is 0.725. The number of aliphatic hydroxyl groups is 1. The van der Waals surface area contributed by atoms with Gasteiger partial charge in [0.25, 0.3) is 5.91 Å². The van der Waals surface area contributed by atoms with Crippen molar-refractivity contribution in [1.82, 2.24) is 14.9 Å². The monoisotopic (exact) mass is 393 g/mol. The molecule has 6 heteroatoms. The number of carbonyl (C=O) groups excluding carboxylic acids is 1. The summed E-state index contributed by atoms with van der Waals surface area (Å²) in [6.07, 6.45) is 2.86. The molecule has 1 aliphatic rings. The van der Waals surface area contributed by atoms with Gasteiger partial charge in [0.05, 0.1) is 17.5 Å². The Morgan fingerprint density at radius 3 is 2.54 bits per heavy atom. The molecule has 0 radical (unpaired) electrons. The number of hydrogen-bond donors (Lipinski definition) is 1. The van der Waals surface area contributed by atoms with E-state index in [1.165, 1.54) is 11.3 Å². The Morgan fingerprint density at radius 2 is 1.86 bits per heavy atom. The largest absolute Gasteiger partial charge is 0.388 e. The second kappa shape index (κ2) is 8.20. The normalized spacial score (nSPS) is 16.1. The van der Waals surface area contributed by atoms with E-state index in [2.05, 4.69) is 9.97 Å². The van der Waals surface area contributed by atoms with Crippen molar-refractivity contribution < 1.29 is 9.90 Å². The van der Waals surface area contributed by atoms with Gasteiger partial charge in [0.1, 0.15) is 9.88 Å². The Labute approximate surface area is 168 Å². The lowest BCUT2D eigenvalue weighted by molar-refractivity contribution is 0.0465. The average Bonchev–Trinajstić information content (AvgIpc) is 3.16. The van der Waals surface area contributed by atoms with E-state index in [1.54, 1.807) is 6.20 Å². The van der Waals surface area contributed by atoms with Crippen LogP contribution in [0.15, 0.2) is 54.7 Å². The molecule has 3 heterocycles. The summed E-state index contributed by atoms with van der Waals surface area (Å²) in [4.78, 5) is 24.5. The van der Waals surface area contributed by atoms with Gasteiger partial charge in [-0.2, -0.15) is 0 Å². The Bertz CT molecular complexity index is 935. The van der Waals surface area contributed by atoms with Crippen LogP contribution in [0.4, 0.5) is 0 Å². The van der Waals surface area contributed by atoms with Crippen molar-refractivity contribution in [2.75, 3.05) is 13.1 Å². The van der Waals surface area contributed by atoms with Crippen LogP contribution in [0.5, 0.6) is 0 Å². The molecule has 1 aromatic carbocycles. The van der Waals surface area contributed by atoms with Gasteiger partial charge in [-0.3, -0.25) is 9.78 Å². The van der Waals surface area contributed by atoms with Gasteiger partial charge in [-0.15, -0.1) is 11.3 Å². The van der Waals surface area contributed by atoms with Crippen LogP contribution in [0.1, 0.15) is 39.9 Å². The highest BCUT2D eigenvalue weighted by Crippen LogP contribution is 2.33. The zero-order valence-electron chi connectivity index (χ0n) is 15.8. The molecule has 144 valence electrons. The topological polar surface area (TPSA) is 66.3 Å². The molecule has 1 saturated heterocycles. The first kappa shape index (κ1) is 18.8. The van der Waals surface area contributed by atoms with Gasteiger partial charge in [0.2, 0.25) is 0 Å². The summed E-state index contributed by atoms with van der Waals surface area (Å²) in [6.45, 7) is 3.19. The van der Waals surface area contributed by atoms with Gasteiger partial charge in [-0.05, 0) is 43.4 Å². The molecule has 5 nitrogen and oxygen atoms in total. The number of hydrogen-bond acceptors (Lipinski definition) is 5. The summed E-state index contributed by atoms with van der Waals surface area (Å²) < 4.78 is 0. The van der Waals surface area contributed by atoms with Crippen molar-refractivity contribution in [3.8, 4) is 10.7 Å². The first-order valence-electron chi connectivity index (χ1n) is 9.54. The van der Waals surface area contributed by atoms with Crippen LogP contribution in [-0.2, 0) is 0 Å². The summed E-state index contributed by atoms with van der Waals surface area (Å²) >= 11 is 1.40. The van der Waals surface area contributed by atoms with Crippen LogP contribution in [0.25, 0.3) is 10.7 Å². The second-order valence-corrected chi connectivity index (χ2v) is 8.13. The van der Waals surface area contributed by atoms with Crippen molar-refractivity contribution >= 4 is 17.2 Å². The smallest absolute Gasteiger partial charge is 0.265 e. The van der Waals surface area contributed by atoms with Crippen molar-refractivity contribution in [3.63, 3.8) is 0 Å². The predicted octanol–water partition coefficient (Wildman–Crippen LogP) is 4.10. The Kier molecular flexibility index (Phi) is 5.50. The number of aromatic nitrogens is 2.